The molecule has 1 aromatic heterocycles. The smallest absolute Gasteiger partial charge is 0.413 e. The minimum absolute atomic E-state index is 0.198. The standard InChI is InChI=1S/C13H13N3O3/c1-19-11-4-2-3-10(7-11)8-16(13(17)18)12-5-6-14-9-15-12/h2-7,9H,8H2,1H3,(H,17,18). The Morgan fingerprint density at radius 1 is 1.42 bits per heavy atom. The van der Waals surface area contributed by atoms with E-state index in [4.69, 9.17) is 4.74 Å². The van der Waals surface area contributed by atoms with Crippen LogP contribution in [0.5, 0.6) is 5.75 Å². The molecule has 19 heavy (non-hydrogen) atoms. The number of carboxylic acid groups (broad SMARTS) is 1. The van der Waals surface area contributed by atoms with Gasteiger partial charge < -0.3 is 9.84 Å². The molecule has 1 aromatic carbocycles. The molecule has 0 bridgehead atoms. The van der Waals surface area contributed by atoms with Gasteiger partial charge in [0.05, 0.1) is 13.7 Å². The Hall–Kier alpha value is -2.63. The first-order valence-electron chi connectivity index (χ1n) is 5.60. The molecule has 6 heteroatoms. The number of carbonyl (C=O) groups is 1. The maximum atomic E-state index is 11.3. The number of ether oxygens (including phenoxy) is 1. The zero-order chi connectivity index (χ0) is 13.7. The first kappa shape index (κ1) is 12.8. The highest BCUT2D eigenvalue weighted by molar-refractivity contribution is 5.84. The molecule has 1 amide bonds. The molecule has 2 rings (SSSR count). The van der Waals surface area contributed by atoms with Crippen molar-refractivity contribution in [2.24, 2.45) is 0 Å². The third-order valence-electron chi connectivity index (χ3n) is 2.55. The Balaban J connectivity index is 2.24. The third kappa shape index (κ3) is 3.19. The van der Waals surface area contributed by atoms with E-state index in [-0.39, 0.29) is 6.54 Å². The Bertz CT molecular complexity index is 560. The minimum Gasteiger partial charge on any atom is -0.497 e. The molecule has 0 radical (unpaired) electrons. The maximum absolute atomic E-state index is 11.3. The van der Waals surface area contributed by atoms with E-state index in [1.54, 1.807) is 25.3 Å². The van der Waals surface area contributed by atoms with Crippen molar-refractivity contribution in [1.82, 2.24) is 9.97 Å². The molecule has 0 aliphatic rings. The summed E-state index contributed by atoms with van der Waals surface area (Å²) in [6.07, 6.45) is 1.75. The molecular formula is C13H13N3O3. The molecule has 6 nitrogen and oxygen atoms in total. The number of aromatic nitrogens is 2. The van der Waals surface area contributed by atoms with Crippen LogP contribution in [0.2, 0.25) is 0 Å². The quantitative estimate of drug-likeness (QED) is 0.910. The lowest BCUT2D eigenvalue weighted by atomic mass is 10.2. The van der Waals surface area contributed by atoms with Crippen molar-refractivity contribution in [3.63, 3.8) is 0 Å². The summed E-state index contributed by atoms with van der Waals surface area (Å²) in [5.74, 6) is 1.02. The van der Waals surface area contributed by atoms with Gasteiger partial charge in [0.25, 0.3) is 0 Å². The molecule has 0 atom stereocenters. The molecule has 0 fully saturated rings. The minimum atomic E-state index is -1.07. The summed E-state index contributed by atoms with van der Waals surface area (Å²) in [5.41, 5.74) is 0.820. The fraction of sp³-hybridized carbons (Fsp3) is 0.154. The van der Waals surface area contributed by atoms with E-state index in [2.05, 4.69) is 9.97 Å². The number of hydrogen-bond acceptors (Lipinski definition) is 4. The lowest BCUT2D eigenvalue weighted by Crippen LogP contribution is -2.29. The molecule has 0 aliphatic heterocycles. The second-order valence-electron chi connectivity index (χ2n) is 3.79. The van der Waals surface area contributed by atoms with E-state index in [9.17, 15) is 9.90 Å². The van der Waals surface area contributed by atoms with E-state index >= 15 is 0 Å². The van der Waals surface area contributed by atoms with Crippen molar-refractivity contribution in [2.45, 2.75) is 6.54 Å². The van der Waals surface area contributed by atoms with Gasteiger partial charge in [-0.15, -0.1) is 0 Å². The van der Waals surface area contributed by atoms with Gasteiger partial charge in [-0.25, -0.2) is 14.8 Å². The normalized spacial score (nSPS) is 9.95. The predicted octanol–water partition coefficient (Wildman–Crippen LogP) is 2.17. The van der Waals surface area contributed by atoms with Crippen LogP contribution in [0.15, 0.2) is 42.9 Å². The Morgan fingerprint density at radius 3 is 2.89 bits per heavy atom. The van der Waals surface area contributed by atoms with E-state index in [1.807, 2.05) is 12.1 Å². The predicted molar refractivity (Wildman–Crippen MR) is 69.2 cm³/mol. The molecule has 0 aliphatic carbocycles. The second kappa shape index (κ2) is 5.81. The highest BCUT2D eigenvalue weighted by atomic mass is 16.5. The van der Waals surface area contributed by atoms with Crippen molar-refractivity contribution in [1.29, 1.82) is 0 Å². The van der Waals surface area contributed by atoms with Gasteiger partial charge in [-0.05, 0) is 23.8 Å². The van der Waals surface area contributed by atoms with Crippen LogP contribution in [0.25, 0.3) is 0 Å². The van der Waals surface area contributed by atoms with Crippen LogP contribution >= 0.6 is 0 Å². The van der Waals surface area contributed by atoms with Crippen LogP contribution in [0.3, 0.4) is 0 Å². The first-order valence-corrected chi connectivity index (χ1v) is 5.60. The molecule has 1 N–H and O–H groups in total. The van der Waals surface area contributed by atoms with Crippen LogP contribution in [-0.4, -0.2) is 28.3 Å². The molecule has 1 heterocycles. The summed E-state index contributed by atoms with van der Waals surface area (Å²) < 4.78 is 5.11. The Morgan fingerprint density at radius 2 is 2.26 bits per heavy atom. The van der Waals surface area contributed by atoms with E-state index < -0.39 is 6.09 Å². The molecule has 0 saturated heterocycles. The van der Waals surface area contributed by atoms with Gasteiger partial charge in [-0.2, -0.15) is 0 Å². The van der Waals surface area contributed by atoms with Gasteiger partial charge in [0, 0.05) is 6.20 Å². The summed E-state index contributed by atoms with van der Waals surface area (Å²) in [6.45, 7) is 0.198. The van der Waals surface area contributed by atoms with Crippen molar-refractivity contribution >= 4 is 11.9 Å². The number of methoxy groups -OCH3 is 1. The van der Waals surface area contributed by atoms with E-state index in [0.717, 1.165) is 10.5 Å². The average molecular weight is 259 g/mol. The van der Waals surface area contributed by atoms with Crippen molar-refractivity contribution in [3.05, 3.63) is 48.4 Å². The molecule has 0 saturated carbocycles. The van der Waals surface area contributed by atoms with Crippen LogP contribution in [-0.2, 0) is 6.54 Å². The fourth-order valence-corrected chi connectivity index (χ4v) is 1.64. The molecular weight excluding hydrogens is 246 g/mol. The lowest BCUT2D eigenvalue weighted by Gasteiger charge is -2.18. The van der Waals surface area contributed by atoms with Crippen molar-refractivity contribution < 1.29 is 14.6 Å². The van der Waals surface area contributed by atoms with Gasteiger partial charge in [0.1, 0.15) is 17.9 Å². The van der Waals surface area contributed by atoms with Gasteiger partial charge in [0.15, 0.2) is 0 Å². The van der Waals surface area contributed by atoms with Crippen LogP contribution in [0.4, 0.5) is 10.6 Å². The van der Waals surface area contributed by atoms with Crippen molar-refractivity contribution in [2.75, 3.05) is 12.0 Å². The number of benzene rings is 1. The summed E-state index contributed by atoms with van der Waals surface area (Å²) in [7, 11) is 1.57. The zero-order valence-electron chi connectivity index (χ0n) is 10.4. The molecule has 0 unspecified atom stereocenters. The Kier molecular flexibility index (Phi) is 3.92. The third-order valence-corrected chi connectivity index (χ3v) is 2.55. The van der Waals surface area contributed by atoms with Gasteiger partial charge in [-0.3, -0.25) is 4.90 Å². The van der Waals surface area contributed by atoms with E-state index in [1.165, 1.54) is 12.5 Å². The summed E-state index contributed by atoms with van der Waals surface area (Å²) >= 11 is 0. The monoisotopic (exact) mass is 259 g/mol. The lowest BCUT2D eigenvalue weighted by molar-refractivity contribution is 0.201. The number of hydrogen-bond donors (Lipinski definition) is 1. The van der Waals surface area contributed by atoms with E-state index in [0.29, 0.717) is 11.6 Å². The van der Waals surface area contributed by atoms with Gasteiger partial charge in [-0.1, -0.05) is 12.1 Å². The maximum Gasteiger partial charge on any atom is 0.413 e. The fourth-order valence-electron chi connectivity index (χ4n) is 1.64. The largest absolute Gasteiger partial charge is 0.497 e. The van der Waals surface area contributed by atoms with Gasteiger partial charge in [0.2, 0.25) is 0 Å². The second-order valence-corrected chi connectivity index (χ2v) is 3.79. The van der Waals surface area contributed by atoms with Crippen LogP contribution in [0, 0.1) is 0 Å². The number of rotatable bonds is 4. The molecule has 2 aromatic rings. The highest BCUT2D eigenvalue weighted by Crippen LogP contribution is 2.17. The number of amides is 1. The molecule has 0 spiro atoms. The summed E-state index contributed by atoms with van der Waals surface area (Å²) in [4.78, 5) is 20.2. The number of nitrogens with zero attached hydrogens (tertiary/aromatic N) is 3. The summed E-state index contributed by atoms with van der Waals surface area (Å²) in [5, 5.41) is 9.25. The SMILES string of the molecule is COc1cccc(CN(C(=O)O)c2ccncn2)c1. The Labute approximate surface area is 110 Å². The highest BCUT2D eigenvalue weighted by Gasteiger charge is 2.16. The average Bonchev–Trinajstić information content (AvgIpc) is 2.45. The zero-order valence-corrected chi connectivity index (χ0v) is 10.4. The van der Waals surface area contributed by atoms with Crippen LogP contribution < -0.4 is 9.64 Å². The van der Waals surface area contributed by atoms with Crippen LogP contribution in [0.1, 0.15) is 5.56 Å². The molecule has 98 valence electrons. The van der Waals surface area contributed by atoms with Gasteiger partial charge >= 0.3 is 6.09 Å². The summed E-state index contributed by atoms with van der Waals surface area (Å²) in [6, 6.07) is 8.79. The van der Waals surface area contributed by atoms with Crippen molar-refractivity contribution in [3.8, 4) is 5.75 Å². The first-order chi connectivity index (χ1) is 9.20. The number of anilines is 1. The topological polar surface area (TPSA) is 75.5 Å².